The predicted octanol–water partition coefficient (Wildman–Crippen LogP) is 2.97. The average Bonchev–Trinajstić information content (AvgIpc) is 2.79. The Morgan fingerprint density at radius 1 is 1.13 bits per heavy atom. The third kappa shape index (κ3) is 4.53. The predicted molar refractivity (Wildman–Crippen MR) is 117 cm³/mol. The van der Waals surface area contributed by atoms with Crippen LogP contribution in [0, 0.1) is 0 Å². The summed E-state index contributed by atoms with van der Waals surface area (Å²) >= 11 is 0. The summed E-state index contributed by atoms with van der Waals surface area (Å²) in [5, 5.41) is 2.85. The molecule has 1 aliphatic heterocycles. The van der Waals surface area contributed by atoms with E-state index in [9.17, 15) is 9.59 Å². The minimum absolute atomic E-state index is 0.205. The van der Waals surface area contributed by atoms with E-state index >= 15 is 0 Å². The minimum atomic E-state index is -0.281. The first-order valence-electron chi connectivity index (χ1n) is 10.00. The number of carbonyl (C=O) groups is 1. The normalized spacial score (nSPS) is 12.8. The van der Waals surface area contributed by atoms with Gasteiger partial charge in [0.05, 0.1) is 37.7 Å². The van der Waals surface area contributed by atoms with Crippen LogP contribution < -0.4 is 20.3 Å². The van der Waals surface area contributed by atoms with Crippen LogP contribution in [0.15, 0.2) is 53.3 Å². The lowest BCUT2D eigenvalue weighted by molar-refractivity contribution is 0.205. The molecule has 8 nitrogen and oxygen atoms in total. The van der Waals surface area contributed by atoms with E-state index in [-0.39, 0.29) is 18.1 Å². The molecular weight excluding hydrogens is 396 g/mol. The van der Waals surface area contributed by atoms with Gasteiger partial charge in [-0.25, -0.2) is 9.78 Å². The maximum absolute atomic E-state index is 12.7. The van der Waals surface area contributed by atoms with Crippen molar-refractivity contribution in [3.05, 3.63) is 81.5 Å². The molecule has 0 saturated heterocycles. The number of aromatic nitrogens is 2. The van der Waals surface area contributed by atoms with Gasteiger partial charge in [-0.15, -0.1) is 0 Å². The summed E-state index contributed by atoms with van der Waals surface area (Å²) < 4.78 is 10.5. The summed E-state index contributed by atoms with van der Waals surface area (Å²) in [6.07, 6.45) is 1.04. The van der Waals surface area contributed by atoms with Gasteiger partial charge in [-0.2, -0.15) is 0 Å². The zero-order valence-electron chi connectivity index (χ0n) is 17.5. The van der Waals surface area contributed by atoms with Gasteiger partial charge in [0.15, 0.2) is 0 Å². The summed E-state index contributed by atoms with van der Waals surface area (Å²) in [6.45, 7) is 0.688. The molecule has 8 heteroatoms. The van der Waals surface area contributed by atoms with Crippen molar-refractivity contribution < 1.29 is 14.3 Å². The van der Waals surface area contributed by atoms with Gasteiger partial charge in [-0.1, -0.05) is 24.3 Å². The van der Waals surface area contributed by atoms with Gasteiger partial charge in [0.1, 0.15) is 17.3 Å². The minimum Gasteiger partial charge on any atom is -0.497 e. The fraction of sp³-hybridized carbons (Fsp3) is 0.261. The lowest BCUT2D eigenvalue weighted by Crippen LogP contribution is -2.42. The van der Waals surface area contributed by atoms with Crippen LogP contribution in [0.1, 0.15) is 22.6 Å². The molecule has 0 spiro atoms. The number of rotatable bonds is 5. The van der Waals surface area contributed by atoms with Gasteiger partial charge in [-0.05, 0) is 29.8 Å². The monoisotopic (exact) mass is 420 g/mol. The highest BCUT2D eigenvalue weighted by atomic mass is 16.5. The molecule has 0 atom stereocenters. The number of fused-ring (bicyclic) bond motifs is 1. The largest absolute Gasteiger partial charge is 0.497 e. The Morgan fingerprint density at radius 2 is 1.90 bits per heavy atom. The number of ether oxygens (including phenoxy) is 2. The van der Waals surface area contributed by atoms with E-state index in [1.54, 1.807) is 31.3 Å². The third-order valence-electron chi connectivity index (χ3n) is 5.28. The Bertz CT molecular complexity index is 1140. The molecule has 1 aromatic heterocycles. The van der Waals surface area contributed by atoms with Crippen LogP contribution >= 0.6 is 0 Å². The smallest absolute Gasteiger partial charge is 0.322 e. The number of carbonyl (C=O) groups excluding carboxylic acids is 1. The number of hydrogen-bond donors (Lipinski definition) is 2. The first-order chi connectivity index (χ1) is 15.1. The van der Waals surface area contributed by atoms with Crippen molar-refractivity contribution in [1.29, 1.82) is 0 Å². The number of urea groups is 1. The molecule has 0 radical (unpaired) electrons. The van der Waals surface area contributed by atoms with Crippen molar-refractivity contribution in [2.24, 2.45) is 0 Å². The fourth-order valence-corrected chi connectivity index (χ4v) is 3.61. The van der Waals surface area contributed by atoms with E-state index in [2.05, 4.69) is 15.3 Å². The first-order valence-corrected chi connectivity index (χ1v) is 10.00. The van der Waals surface area contributed by atoms with E-state index in [0.29, 0.717) is 42.2 Å². The lowest BCUT2D eigenvalue weighted by atomic mass is 10.1. The summed E-state index contributed by atoms with van der Waals surface area (Å²) in [6, 6.07) is 14.6. The molecule has 2 aromatic carbocycles. The summed E-state index contributed by atoms with van der Waals surface area (Å²) in [5.41, 5.74) is 2.68. The number of para-hydroxylation sites is 2. The SMILES string of the molecule is COc1ccc(Cc2nc3c(c(=O)[nH]2)CN(C(=O)Nc2ccccc2OC)CC3)cc1. The number of methoxy groups -OCH3 is 2. The Hall–Kier alpha value is -3.81. The summed E-state index contributed by atoms with van der Waals surface area (Å²) in [5.74, 6) is 1.97. The Labute approximate surface area is 179 Å². The summed E-state index contributed by atoms with van der Waals surface area (Å²) in [4.78, 5) is 34.6. The van der Waals surface area contributed by atoms with Crippen LogP contribution in [0.25, 0.3) is 0 Å². The summed E-state index contributed by atoms with van der Waals surface area (Å²) in [7, 11) is 3.17. The number of nitrogens with one attached hydrogen (secondary N) is 2. The number of hydrogen-bond acceptors (Lipinski definition) is 5. The lowest BCUT2D eigenvalue weighted by Gasteiger charge is -2.28. The number of anilines is 1. The maximum atomic E-state index is 12.7. The molecule has 0 unspecified atom stereocenters. The second-order valence-electron chi connectivity index (χ2n) is 7.26. The van der Waals surface area contributed by atoms with Crippen molar-refractivity contribution in [3.63, 3.8) is 0 Å². The molecule has 3 aromatic rings. The first kappa shape index (κ1) is 20.5. The van der Waals surface area contributed by atoms with Crippen LogP contribution in [0.3, 0.4) is 0 Å². The van der Waals surface area contributed by atoms with E-state index in [1.165, 1.54) is 0 Å². The maximum Gasteiger partial charge on any atom is 0.322 e. The van der Waals surface area contributed by atoms with E-state index in [1.807, 2.05) is 36.4 Å². The standard InChI is InChI=1S/C23H24N4O4/c1-30-16-9-7-15(8-10-16)13-21-24-18-11-12-27(14-17(18)22(28)26-21)23(29)25-19-5-3-4-6-20(19)31-2/h3-10H,11-14H2,1-2H3,(H,25,29)(H,24,26,28). The second-order valence-corrected chi connectivity index (χ2v) is 7.26. The Morgan fingerprint density at radius 3 is 2.65 bits per heavy atom. The van der Waals surface area contributed by atoms with Crippen LogP contribution in [0.5, 0.6) is 11.5 Å². The van der Waals surface area contributed by atoms with Gasteiger partial charge in [0.25, 0.3) is 5.56 Å². The van der Waals surface area contributed by atoms with Crippen LogP contribution in [-0.2, 0) is 19.4 Å². The molecule has 2 heterocycles. The van der Waals surface area contributed by atoms with Crippen molar-refractivity contribution in [1.82, 2.24) is 14.9 Å². The number of amides is 2. The fourth-order valence-electron chi connectivity index (χ4n) is 3.61. The molecule has 2 N–H and O–H groups in total. The molecule has 0 bridgehead atoms. The number of nitrogens with zero attached hydrogens (tertiary/aromatic N) is 2. The Balaban J connectivity index is 1.48. The highest BCUT2D eigenvalue weighted by Gasteiger charge is 2.25. The van der Waals surface area contributed by atoms with Crippen molar-refractivity contribution >= 4 is 11.7 Å². The number of H-pyrrole nitrogens is 1. The molecule has 0 aliphatic carbocycles. The molecule has 160 valence electrons. The van der Waals surface area contributed by atoms with E-state index in [0.717, 1.165) is 17.0 Å². The molecule has 0 fully saturated rings. The molecule has 31 heavy (non-hydrogen) atoms. The highest BCUT2D eigenvalue weighted by molar-refractivity contribution is 5.91. The Kier molecular flexibility index (Phi) is 5.88. The quantitative estimate of drug-likeness (QED) is 0.662. The van der Waals surface area contributed by atoms with Gasteiger partial charge < -0.3 is 24.7 Å². The van der Waals surface area contributed by atoms with Crippen LogP contribution in [0.4, 0.5) is 10.5 Å². The average molecular weight is 420 g/mol. The number of benzene rings is 2. The van der Waals surface area contributed by atoms with E-state index in [4.69, 9.17) is 9.47 Å². The van der Waals surface area contributed by atoms with Gasteiger partial charge in [-0.3, -0.25) is 4.79 Å². The van der Waals surface area contributed by atoms with Crippen molar-refractivity contribution in [3.8, 4) is 11.5 Å². The molecular formula is C23H24N4O4. The molecule has 0 saturated carbocycles. The molecule has 2 amide bonds. The zero-order chi connectivity index (χ0) is 21.8. The van der Waals surface area contributed by atoms with Gasteiger partial charge in [0, 0.05) is 19.4 Å². The number of aromatic amines is 1. The van der Waals surface area contributed by atoms with Crippen LogP contribution in [0.2, 0.25) is 0 Å². The van der Waals surface area contributed by atoms with Gasteiger partial charge >= 0.3 is 6.03 Å². The van der Waals surface area contributed by atoms with Crippen LogP contribution in [-0.4, -0.2) is 41.7 Å². The zero-order valence-corrected chi connectivity index (χ0v) is 17.5. The topological polar surface area (TPSA) is 96.5 Å². The molecule has 1 aliphatic rings. The van der Waals surface area contributed by atoms with E-state index < -0.39 is 0 Å². The van der Waals surface area contributed by atoms with Gasteiger partial charge in [0.2, 0.25) is 0 Å². The van der Waals surface area contributed by atoms with Crippen molar-refractivity contribution in [2.75, 3.05) is 26.1 Å². The molecule has 4 rings (SSSR count). The second kappa shape index (κ2) is 8.91. The highest BCUT2D eigenvalue weighted by Crippen LogP contribution is 2.24. The third-order valence-corrected chi connectivity index (χ3v) is 5.28. The van der Waals surface area contributed by atoms with Crippen molar-refractivity contribution in [2.45, 2.75) is 19.4 Å².